The molecule has 1 aliphatic rings. The summed E-state index contributed by atoms with van der Waals surface area (Å²) in [5.41, 5.74) is 3.69. The third-order valence-electron chi connectivity index (χ3n) is 3.93. The Morgan fingerprint density at radius 1 is 1.35 bits per heavy atom. The molecule has 2 aromatic rings. The first-order valence-corrected chi connectivity index (χ1v) is 7.64. The lowest BCUT2D eigenvalue weighted by Gasteiger charge is -2.07. The lowest BCUT2D eigenvalue weighted by Crippen LogP contribution is -2.16. The number of rotatable bonds is 7. The van der Waals surface area contributed by atoms with E-state index in [4.69, 9.17) is 4.42 Å². The summed E-state index contributed by atoms with van der Waals surface area (Å²) in [4.78, 5) is 0. The fourth-order valence-corrected chi connectivity index (χ4v) is 2.45. The van der Waals surface area contributed by atoms with Crippen LogP contribution in [0.3, 0.4) is 0 Å². The Morgan fingerprint density at radius 2 is 2.20 bits per heavy atom. The first-order valence-electron chi connectivity index (χ1n) is 7.64. The van der Waals surface area contributed by atoms with Crippen molar-refractivity contribution in [2.45, 2.75) is 58.7 Å². The molecule has 2 heterocycles. The van der Waals surface area contributed by atoms with Crippen molar-refractivity contribution in [3.8, 4) is 0 Å². The van der Waals surface area contributed by atoms with Gasteiger partial charge >= 0.3 is 0 Å². The zero-order valence-electron chi connectivity index (χ0n) is 12.4. The Hall–Kier alpha value is -1.55. The normalized spacial score (nSPS) is 14.9. The second-order valence-electron chi connectivity index (χ2n) is 5.52. The van der Waals surface area contributed by atoms with Gasteiger partial charge in [-0.3, -0.25) is 4.68 Å². The molecule has 1 aliphatic carbocycles. The molecule has 108 valence electrons. The van der Waals surface area contributed by atoms with Crippen LogP contribution >= 0.6 is 0 Å². The highest BCUT2D eigenvalue weighted by molar-refractivity contribution is 5.19. The van der Waals surface area contributed by atoms with Gasteiger partial charge in [-0.05, 0) is 37.8 Å². The minimum absolute atomic E-state index is 0.723. The molecule has 0 saturated heterocycles. The average molecular weight is 273 g/mol. The molecule has 0 amide bonds. The zero-order chi connectivity index (χ0) is 13.9. The van der Waals surface area contributed by atoms with Gasteiger partial charge < -0.3 is 9.73 Å². The summed E-state index contributed by atoms with van der Waals surface area (Å²) in [6.45, 7) is 5.95. The lowest BCUT2D eigenvalue weighted by atomic mass is 10.2. The van der Waals surface area contributed by atoms with E-state index in [-0.39, 0.29) is 0 Å². The van der Waals surface area contributed by atoms with Crippen molar-refractivity contribution >= 4 is 0 Å². The highest BCUT2D eigenvalue weighted by atomic mass is 16.3. The number of hydrogen-bond acceptors (Lipinski definition) is 3. The second-order valence-corrected chi connectivity index (χ2v) is 5.52. The van der Waals surface area contributed by atoms with Crippen LogP contribution in [0, 0.1) is 0 Å². The summed E-state index contributed by atoms with van der Waals surface area (Å²) < 4.78 is 7.74. The van der Waals surface area contributed by atoms with Gasteiger partial charge in [-0.1, -0.05) is 13.8 Å². The molecule has 1 N–H and O–H groups in total. The van der Waals surface area contributed by atoms with Crippen LogP contribution in [0.15, 0.2) is 22.8 Å². The average Bonchev–Trinajstić information content (AvgIpc) is 3.05. The van der Waals surface area contributed by atoms with Crippen molar-refractivity contribution in [1.29, 1.82) is 0 Å². The Bertz CT molecular complexity index is 566. The summed E-state index contributed by atoms with van der Waals surface area (Å²) in [5.74, 6) is 1.03. The van der Waals surface area contributed by atoms with Crippen molar-refractivity contribution < 1.29 is 4.42 Å². The van der Waals surface area contributed by atoms with Gasteiger partial charge in [0.1, 0.15) is 5.76 Å². The summed E-state index contributed by atoms with van der Waals surface area (Å²) in [7, 11) is 0. The topological polar surface area (TPSA) is 43.0 Å². The first-order chi connectivity index (χ1) is 9.80. The standard InChI is InChI=1S/C16H23N3O/c1-3-13-9-15(4-2)19(18-13)11-16-12(7-8-20-16)10-17-14-5-6-14/h7-9,14,17H,3-6,10-11H2,1-2H3. The van der Waals surface area contributed by atoms with Crippen LogP contribution in [-0.4, -0.2) is 15.8 Å². The Kier molecular flexibility index (Phi) is 3.92. The van der Waals surface area contributed by atoms with E-state index in [1.165, 1.54) is 24.1 Å². The number of furan rings is 1. The largest absolute Gasteiger partial charge is 0.467 e. The smallest absolute Gasteiger partial charge is 0.129 e. The molecule has 20 heavy (non-hydrogen) atoms. The van der Waals surface area contributed by atoms with E-state index in [0.29, 0.717) is 0 Å². The second kappa shape index (κ2) is 5.83. The van der Waals surface area contributed by atoms with Gasteiger partial charge in [0.05, 0.1) is 18.5 Å². The zero-order valence-corrected chi connectivity index (χ0v) is 12.4. The van der Waals surface area contributed by atoms with Crippen LogP contribution in [0.1, 0.15) is 49.4 Å². The highest BCUT2D eigenvalue weighted by Crippen LogP contribution is 2.21. The first kappa shape index (κ1) is 13.4. The number of aryl methyl sites for hydroxylation is 2. The van der Waals surface area contributed by atoms with E-state index in [2.05, 4.69) is 41.1 Å². The molecule has 0 aliphatic heterocycles. The Labute approximate surface area is 120 Å². The van der Waals surface area contributed by atoms with Crippen molar-refractivity contribution in [1.82, 2.24) is 15.1 Å². The number of hydrogen-bond donors (Lipinski definition) is 1. The van der Waals surface area contributed by atoms with Crippen molar-refractivity contribution in [2.75, 3.05) is 0 Å². The predicted octanol–water partition coefficient (Wildman–Crippen LogP) is 2.90. The molecule has 4 nitrogen and oxygen atoms in total. The van der Waals surface area contributed by atoms with Crippen LogP contribution in [0.25, 0.3) is 0 Å². The Balaban J connectivity index is 1.73. The highest BCUT2D eigenvalue weighted by Gasteiger charge is 2.21. The maximum atomic E-state index is 5.66. The van der Waals surface area contributed by atoms with Crippen LogP contribution in [-0.2, 0) is 25.9 Å². The fraction of sp³-hybridized carbons (Fsp3) is 0.562. The molecule has 0 radical (unpaired) electrons. The number of nitrogens with one attached hydrogen (secondary N) is 1. The minimum Gasteiger partial charge on any atom is -0.467 e. The maximum Gasteiger partial charge on any atom is 0.129 e. The molecule has 0 aromatic carbocycles. The monoisotopic (exact) mass is 273 g/mol. The lowest BCUT2D eigenvalue weighted by molar-refractivity contribution is 0.466. The molecular weight excluding hydrogens is 250 g/mol. The molecule has 3 rings (SSSR count). The molecule has 1 saturated carbocycles. The van der Waals surface area contributed by atoms with Crippen LogP contribution in [0.2, 0.25) is 0 Å². The van der Waals surface area contributed by atoms with Gasteiger partial charge in [0.2, 0.25) is 0 Å². The van der Waals surface area contributed by atoms with Crippen LogP contribution in [0.4, 0.5) is 0 Å². The predicted molar refractivity (Wildman–Crippen MR) is 78.7 cm³/mol. The summed E-state index contributed by atoms with van der Waals surface area (Å²) in [6, 6.07) is 4.99. The minimum atomic E-state index is 0.723. The van der Waals surface area contributed by atoms with E-state index in [9.17, 15) is 0 Å². The molecule has 0 atom stereocenters. The van der Waals surface area contributed by atoms with Gasteiger partial charge in [-0.15, -0.1) is 0 Å². The molecule has 0 unspecified atom stereocenters. The molecule has 2 aromatic heterocycles. The number of nitrogens with zero attached hydrogens (tertiary/aromatic N) is 2. The molecule has 0 spiro atoms. The molecular formula is C16H23N3O. The van der Waals surface area contributed by atoms with Crippen LogP contribution < -0.4 is 5.32 Å². The molecule has 0 bridgehead atoms. The third kappa shape index (κ3) is 2.96. The van der Waals surface area contributed by atoms with E-state index >= 15 is 0 Å². The van der Waals surface area contributed by atoms with Crippen molar-refractivity contribution in [2.24, 2.45) is 0 Å². The van der Waals surface area contributed by atoms with Gasteiger partial charge in [0.15, 0.2) is 0 Å². The summed E-state index contributed by atoms with van der Waals surface area (Å²) in [5, 5.41) is 8.20. The van der Waals surface area contributed by atoms with Crippen molar-refractivity contribution in [3.63, 3.8) is 0 Å². The third-order valence-corrected chi connectivity index (χ3v) is 3.93. The van der Waals surface area contributed by atoms with Gasteiger partial charge in [0, 0.05) is 23.8 Å². The molecule has 1 fully saturated rings. The SMILES string of the molecule is CCc1cc(CC)n(Cc2occc2CNC2CC2)n1. The summed E-state index contributed by atoms with van der Waals surface area (Å²) in [6.07, 6.45) is 6.39. The Morgan fingerprint density at radius 3 is 2.90 bits per heavy atom. The number of aromatic nitrogens is 2. The van der Waals surface area contributed by atoms with E-state index < -0.39 is 0 Å². The van der Waals surface area contributed by atoms with Crippen LogP contribution in [0.5, 0.6) is 0 Å². The fourth-order valence-electron chi connectivity index (χ4n) is 2.45. The van der Waals surface area contributed by atoms with E-state index in [1.54, 1.807) is 6.26 Å². The maximum absolute atomic E-state index is 5.66. The van der Waals surface area contributed by atoms with E-state index in [1.807, 2.05) is 0 Å². The van der Waals surface area contributed by atoms with Gasteiger partial charge in [-0.25, -0.2) is 0 Å². The van der Waals surface area contributed by atoms with Gasteiger partial charge in [0.25, 0.3) is 0 Å². The van der Waals surface area contributed by atoms with Gasteiger partial charge in [-0.2, -0.15) is 5.10 Å². The molecule has 4 heteroatoms. The quantitative estimate of drug-likeness (QED) is 0.843. The van der Waals surface area contributed by atoms with Crippen molar-refractivity contribution in [3.05, 3.63) is 41.1 Å². The summed E-state index contributed by atoms with van der Waals surface area (Å²) >= 11 is 0. The van der Waals surface area contributed by atoms with E-state index in [0.717, 1.165) is 43.4 Å².